The fourth-order valence-corrected chi connectivity index (χ4v) is 3.41. The Morgan fingerprint density at radius 1 is 1.07 bits per heavy atom. The number of furan rings is 1. The molecule has 0 aliphatic rings. The second kappa shape index (κ2) is 9.13. The van der Waals surface area contributed by atoms with Crippen LogP contribution in [0.3, 0.4) is 0 Å². The quantitative estimate of drug-likeness (QED) is 0.441. The van der Waals surface area contributed by atoms with Gasteiger partial charge in [0.15, 0.2) is 0 Å². The van der Waals surface area contributed by atoms with E-state index in [-0.39, 0.29) is 13.2 Å². The summed E-state index contributed by atoms with van der Waals surface area (Å²) >= 11 is 3.45. The second-order valence-electron chi connectivity index (χ2n) is 6.19. The molecule has 0 amide bonds. The van der Waals surface area contributed by atoms with Crippen LogP contribution >= 0.6 is 15.9 Å². The van der Waals surface area contributed by atoms with E-state index in [1.54, 1.807) is 45.0 Å². The van der Waals surface area contributed by atoms with E-state index in [9.17, 15) is 9.59 Å². The fourth-order valence-electron chi connectivity index (χ4n) is 2.99. The number of ether oxygens (including phenoxy) is 3. The van der Waals surface area contributed by atoms with Crippen molar-refractivity contribution in [2.24, 2.45) is 0 Å². The summed E-state index contributed by atoms with van der Waals surface area (Å²) in [6, 6.07) is 12.4. The van der Waals surface area contributed by atoms with E-state index in [1.807, 2.05) is 18.2 Å². The summed E-state index contributed by atoms with van der Waals surface area (Å²) in [5.41, 5.74) is 1.51. The lowest BCUT2D eigenvalue weighted by molar-refractivity contribution is -0.151. The number of hydrogen-bond donors (Lipinski definition) is 0. The third kappa shape index (κ3) is 4.45. The van der Waals surface area contributed by atoms with Gasteiger partial charge < -0.3 is 18.6 Å². The first kappa shape index (κ1) is 20.9. The van der Waals surface area contributed by atoms with Crippen molar-refractivity contribution < 1.29 is 28.2 Å². The van der Waals surface area contributed by atoms with Crippen LogP contribution in [0.1, 0.15) is 41.6 Å². The maximum Gasteiger partial charge on any atom is 0.352 e. The van der Waals surface area contributed by atoms with E-state index in [4.69, 9.17) is 18.6 Å². The van der Waals surface area contributed by atoms with Crippen LogP contribution in [-0.4, -0.2) is 25.2 Å². The molecule has 0 spiro atoms. The van der Waals surface area contributed by atoms with Gasteiger partial charge in [0.05, 0.1) is 17.7 Å². The fraction of sp³-hybridized carbons (Fsp3) is 0.273. The molecule has 152 valence electrons. The van der Waals surface area contributed by atoms with Gasteiger partial charge in [-0.3, -0.25) is 0 Å². The SMILES string of the molecule is CCOC(=O)c1c(C)oc2cc(Br)c(O[C@@H](C(=O)OCC)c3ccccc3)cc12. The van der Waals surface area contributed by atoms with Crippen molar-refractivity contribution in [2.75, 3.05) is 13.2 Å². The smallest absolute Gasteiger partial charge is 0.352 e. The van der Waals surface area contributed by atoms with Gasteiger partial charge in [-0.2, -0.15) is 0 Å². The standard InChI is InChI=1S/C22H21BrO6/c1-4-26-21(24)19-13(3)28-17-12-16(23)18(11-15(17)19)29-20(22(25)27-5-2)14-9-7-6-8-10-14/h6-12,20H,4-5H2,1-3H3/t20-/m1/s1. The third-order valence-corrected chi connectivity index (χ3v) is 4.87. The monoisotopic (exact) mass is 460 g/mol. The highest BCUT2D eigenvalue weighted by Gasteiger charge is 2.27. The summed E-state index contributed by atoms with van der Waals surface area (Å²) in [6.07, 6.45) is -0.955. The highest BCUT2D eigenvalue weighted by atomic mass is 79.9. The lowest BCUT2D eigenvalue weighted by Crippen LogP contribution is -2.21. The Morgan fingerprint density at radius 3 is 2.41 bits per heavy atom. The van der Waals surface area contributed by atoms with Crippen LogP contribution in [0.5, 0.6) is 5.75 Å². The molecule has 1 atom stereocenters. The number of aryl methyl sites for hydroxylation is 1. The molecule has 0 N–H and O–H groups in total. The average Bonchev–Trinajstić information content (AvgIpc) is 3.01. The Bertz CT molecular complexity index is 1020. The Labute approximate surface area is 176 Å². The van der Waals surface area contributed by atoms with Crippen molar-refractivity contribution in [3.8, 4) is 5.75 Å². The lowest BCUT2D eigenvalue weighted by atomic mass is 10.1. The van der Waals surface area contributed by atoms with Crippen molar-refractivity contribution in [1.29, 1.82) is 0 Å². The summed E-state index contributed by atoms with van der Waals surface area (Å²) in [5.74, 6) is -0.139. The molecule has 3 aromatic rings. The first-order chi connectivity index (χ1) is 14.0. The predicted molar refractivity (Wildman–Crippen MR) is 111 cm³/mol. The van der Waals surface area contributed by atoms with Gasteiger partial charge in [-0.1, -0.05) is 30.3 Å². The van der Waals surface area contributed by atoms with Gasteiger partial charge in [0.25, 0.3) is 0 Å². The molecule has 3 rings (SSSR count). The molecule has 0 bridgehead atoms. The van der Waals surface area contributed by atoms with E-state index in [0.29, 0.717) is 38.1 Å². The molecule has 29 heavy (non-hydrogen) atoms. The molecule has 6 nitrogen and oxygen atoms in total. The number of hydrogen-bond acceptors (Lipinski definition) is 6. The van der Waals surface area contributed by atoms with E-state index < -0.39 is 18.0 Å². The van der Waals surface area contributed by atoms with E-state index >= 15 is 0 Å². The van der Waals surface area contributed by atoms with Crippen molar-refractivity contribution in [1.82, 2.24) is 0 Å². The average molecular weight is 461 g/mol. The molecule has 7 heteroatoms. The van der Waals surface area contributed by atoms with Crippen LogP contribution in [0.15, 0.2) is 51.4 Å². The van der Waals surface area contributed by atoms with Gasteiger partial charge >= 0.3 is 11.9 Å². The molecule has 0 fully saturated rings. The molecule has 0 saturated carbocycles. The molecule has 0 saturated heterocycles. The normalized spacial score (nSPS) is 11.9. The molecule has 0 aliphatic carbocycles. The van der Waals surface area contributed by atoms with E-state index in [0.717, 1.165) is 0 Å². The number of benzene rings is 2. The zero-order chi connectivity index (χ0) is 21.0. The first-order valence-electron chi connectivity index (χ1n) is 9.24. The lowest BCUT2D eigenvalue weighted by Gasteiger charge is -2.19. The van der Waals surface area contributed by atoms with Crippen molar-refractivity contribution in [3.05, 3.63) is 63.8 Å². The number of fused-ring (bicyclic) bond motifs is 1. The molecule has 2 aromatic carbocycles. The van der Waals surface area contributed by atoms with Crippen molar-refractivity contribution in [2.45, 2.75) is 26.9 Å². The topological polar surface area (TPSA) is 75.0 Å². The summed E-state index contributed by atoms with van der Waals surface area (Å²) < 4.78 is 22.6. The third-order valence-electron chi connectivity index (χ3n) is 4.25. The van der Waals surface area contributed by atoms with Gasteiger partial charge in [-0.25, -0.2) is 9.59 Å². The Balaban J connectivity index is 2.05. The van der Waals surface area contributed by atoms with Crippen LogP contribution in [0.2, 0.25) is 0 Å². The number of carbonyl (C=O) groups excluding carboxylic acids is 2. The number of rotatable bonds is 7. The molecular formula is C22H21BrO6. The molecular weight excluding hydrogens is 440 g/mol. The van der Waals surface area contributed by atoms with Crippen molar-refractivity contribution >= 4 is 38.8 Å². The summed E-state index contributed by atoms with van der Waals surface area (Å²) in [5, 5.41) is 0.551. The summed E-state index contributed by atoms with van der Waals surface area (Å²) in [7, 11) is 0. The Kier molecular flexibility index (Phi) is 6.59. The zero-order valence-corrected chi connectivity index (χ0v) is 17.9. The second-order valence-corrected chi connectivity index (χ2v) is 7.05. The van der Waals surface area contributed by atoms with Gasteiger partial charge in [-0.05, 0) is 48.8 Å². The Morgan fingerprint density at radius 2 is 1.76 bits per heavy atom. The van der Waals surface area contributed by atoms with Gasteiger partial charge in [0.2, 0.25) is 6.10 Å². The van der Waals surface area contributed by atoms with E-state index in [2.05, 4.69) is 15.9 Å². The summed E-state index contributed by atoms with van der Waals surface area (Å²) in [6.45, 7) is 5.67. The van der Waals surface area contributed by atoms with Crippen LogP contribution < -0.4 is 4.74 Å². The molecule has 0 aliphatic heterocycles. The predicted octanol–water partition coefficient (Wildman–Crippen LogP) is 5.36. The van der Waals surface area contributed by atoms with Crippen LogP contribution in [0, 0.1) is 6.92 Å². The van der Waals surface area contributed by atoms with E-state index in [1.165, 1.54) is 0 Å². The van der Waals surface area contributed by atoms with Gasteiger partial charge in [0.1, 0.15) is 22.7 Å². The van der Waals surface area contributed by atoms with Crippen LogP contribution in [0.4, 0.5) is 0 Å². The van der Waals surface area contributed by atoms with Crippen LogP contribution in [-0.2, 0) is 14.3 Å². The van der Waals surface area contributed by atoms with Gasteiger partial charge in [-0.15, -0.1) is 0 Å². The minimum absolute atomic E-state index is 0.236. The number of esters is 2. The van der Waals surface area contributed by atoms with Gasteiger partial charge in [0, 0.05) is 10.9 Å². The highest BCUT2D eigenvalue weighted by molar-refractivity contribution is 9.10. The minimum atomic E-state index is -0.955. The first-order valence-corrected chi connectivity index (χ1v) is 10.0. The van der Waals surface area contributed by atoms with Crippen molar-refractivity contribution in [3.63, 3.8) is 0 Å². The summed E-state index contributed by atoms with van der Waals surface area (Å²) in [4.78, 5) is 24.9. The number of carbonyl (C=O) groups is 2. The molecule has 1 heterocycles. The zero-order valence-electron chi connectivity index (χ0n) is 16.4. The van der Waals surface area contributed by atoms with Crippen LogP contribution in [0.25, 0.3) is 11.0 Å². The molecule has 1 aromatic heterocycles. The molecule has 0 radical (unpaired) electrons. The molecule has 0 unspecified atom stereocenters. The number of halogens is 1. The Hall–Kier alpha value is -2.80. The minimum Gasteiger partial charge on any atom is -0.473 e. The largest absolute Gasteiger partial charge is 0.473 e. The highest BCUT2D eigenvalue weighted by Crippen LogP contribution is 2.37. The maximum absolute atomic E-state index is 12.5. The maximum atomic E-state index is 12.5.